The highest BCUT2D eigenvalue weighted by atomic mass is 32.1. The first-order chi connectivity index (χ1) is 10.6. The first-order valence-electron chi connectivity index (χ1n) is 6.48. The predicted octanol–water partition coefficient (Wildman–Crippen LogP) is 2.36. The molecule has 0 aliphatic carbocycles. The molecule has 1 aromatic heterocycles. The van der Waals surface area contributed by atoms with Crippen LogP contribution in [0.3, 0.4) is 0 Å². The number of benzene rings is 1. The molecule has 1 heterocycles. The monoisotopic (exact) mass is 314 g/mol. The van der Waals surface area contributed by atoms with Crippen LogP contribution in [0, 0.1) is 11.3 Å². The number of hydrogen-bond donors (Lipinski definition) is 3. The molecule has 0 bridgehead atoms. The minimum absolute atomic E-state index is 0.0558. The number of primary amides is 1. The fourth-order valence-corrected chi connectivity index (χ4v) is 2.73. The van der Waals surface area contributed by atoms with Crippen molar-refractivity contribution in [2.45, 2.75) is 12.5 Å². The van der Waals surface area contributed by atoms with Crippen molar-refractivity contribution < 1.29 is 9.59 Å². The molecule has 112 valence electrons. The lowest BCUT2D eigenvalue weighted by Crippen LogP contribution is -2.34. The number of amides is 3. The van der Waals surface area contributed by atoms with E-state index in [0.717, 1.165) is 4.88 Å². The van der Waals surface area contributed by atoms with Crippen LogP contribution in [0.25, 0.3) is 0 Å². The Hall–Kier alpha value is -2.85. The number of thiophene rings is 1. The zero-order valence-electron chi connectivity index (χ0n) is 11.6. The maximum atomic E-state index is 12.1. The second-order valence-electron chi connectivity index (χ2n) is 4.52. The Labute approximate surface area is 131 Å². The molecular formula is C15H14N4O2S. The highest BCUT2D eigenvalue weighted by molar-refractivity contribution is 7.10. The van der Waals surface area contributed by atoms with Crippen molar-refractivity contribution in [1.29, 1.82) is 5.26 Å². The van der Waals surface area contributed by atoms with E-state index in [9.17, 15) is 9.59 Å². The molecule has 4 N–H and O–H groups in total. The van der Waals surface area contributed by atoms with Crippen LogP contribution in [-0.4, -0.2) is 11.9 Å². The maximum Gasteiger partial charge on any atom is 0.312 e. The van der Waals surface area contributed by atoms with E-state index in [1.165, 1.54) is 11.3 Å². The van der Waals surface area contributed by atoms with Crippen molar-refractivity contribution in [2.75, 3.05) is 5.32 Å². The SMILES string of the molecule is N#Cc1cccc(NC(=O)CC(NC(N)=O)c2cccs2)c1. The summed E-state index contributed by atoms with van der Waals surface area (Å²) in [6, 6.07) is 11.1. The number of nitrogens with one attached hydrogen (secondary N) is 2. The predicted molar refractivity (Wildman–Crippen MR) is 84.2 cm³/mol. The van der Waals surface area contributed by atoms with E-state index in [0.29, 0.717) is 11.3 Å². The summed E-state index contributed by atoms with van der Waals surface area (Å²) >= 11 is 1.43. The molecule has 1 aromatic carbocycles. The van der Waals surface area contributed by atoms with Gasteiger partial charge in [0, 0.05) is 10.6 Å². The Morgan fingerprint density at radius 3 is 2.77 bits per heavy atom. The summed E-state index contributed by atoms with van der Waals surface area (Å²) in [6.45, 7) is 0. The van der Waals surface area contributed by atoms with Crippen LogP contribution >= 0.6 is 11.3 Å². The van der Waals surface area contributed by atoms with Gasteiger partial charge in [-0.3, -0.25) is 4.79 Å². The van der Waals surface area contributed by atoms with Crippen LogP contribution in [0.5, 0.6) is 0 Å². The summed E-state index contributed by atoms with van der Waals surface area (Å²) < 4.78 is 0. The number of nitrogens with zero attached hydrogens (tertiary/aromatic N) is 1. The van der Waals surface area contributed by atoms with Gasteiger partial charge in [-0.25, -0.2) is 4.79 Å². The molecule has 0 saturated heterocycles. The van der Waals surface area contributed by atoms with Crippen molar-refractivity contribution in [1.82, 2.24) is 5.32 Å². The van der Waals surface area contributed by atoms with Gasteiger partial charge in [0.05, 0.1) is 24.1 Å². The van der Waals surface area contributed by atoms with E-state index < -0.39 is 12.1 Å². The number of nitriles is 1. The van der Waals surface area contributed by atoms with Crippen LogP contribution < -0.4 is 16.4 Å². The summed E-state index contributed by atoms with van der Waals surface area (Å²) in [5.74, 6) is -0.276. The van der Waals surface area contributed by atoms with Crippen molar-refractivity contribution in [3.8, 4) is 6.07 Å². The number of carbonyl (C=O) groups is 2. The Kier molecular flexibility index (Phi) is 5.11. The molecule has 0 radical (unpaired) electrons. The van der Waals surface area contributed by atoms with Gasteiger partial charge in [0.15, 0.2) is 0 Å². The minimum atomic E-state index is -0.683. The molecule has 6 nitrogen and oxygen atoms in total. The third kappa shape index (κ3) is 4.33. The lowest BCUT2D eigenvalue weighted by atomic mass is 10.1. The number of urea groups is 1. The zero-order valence-corrected chi connectivity index (χ0v) is 12.4. The van der Waals surface area contributed by atoms with E-state index in [2.05, 4.69) is 10.6 Å². The van der Waals surface area contributed by atoms with Gasteiger partial charge >= 0.3 is 6.03 Å². The highest BCUT2D eigenvalue weighted by Crippen LogP contribution is 2.22. The third-order valence-electron chi connectivity index (χ3n) is 2.87. The second kappa shape index (κ2) is 7.24. The average molecular weight is 314 g/mol. The van der Waals surface area contributed by atoms with E-state index in [1.807, 2.05) is 23.6 Å². The summed E-state index contributed by atoms with van der Waals surface area (Å²) in [6.07, 6.45) is 0.0558. The van der Waals surface area contributed by atoms with Gasteiger partial charge in [-0.15, -0.1) is 11.3 Å². The molecule has 7 heteroatoms. The quantitative estimate of drug-likeness (QED) is 0.788. The molecule has 0 fully saturated rings. The molecule has 0 aliphatic rings. The minimum Gasteiger partial charge on any atom is -0.352 e. The van der Waals surface area contributed by atoms with Crippen LogP contribution in [0.1, 0.15) is 22.9 Å². The molecule has 2 rings (SSSR count). The lowest BCUT2D eigenvalue weighted by Gasteiger charge is -2.16. The average Bonchev–Trinajstić information content (AvgIpc) is 3.00. The molecule has 3 amide bonds. The van der Waals surface area contributed by atoms with E-state index in [-0.39, 0.29) is 12.3 Å². The largest absolute Gasteiger partial charge is 0.352 e. The third-order valence-corrected chi connectivity index (χ3v) is 3.85. The second-order valence-corrected chi connectivity index (χ2v) is 5.50. The first-order valence-corrected chi connectivity index (χ1v) is 7.36. The summed E-state index contributed by atoms with van der Waals surface area (Å²) in [4.78, 5) is 24.0. The van der Waals surface area contributed by atoms with Crippen LogP contribution in [0.4, 0.5) is 10.5 Å². The number of anilines is 1. The van der Waals surface area contributed by atoms with E-state index in [1.54, 1.807) is 24.3 Å². The summed E-state index contributed by atoms with van der Waals surface area (Å²) in [7, 11) is 0. The van der Waals surface area contributed by atoms with Crippen LogP contribution in [0.15, 0.2) is 41.8 Å². The van der Waals surface area contributed by atoms with Crippen molar-refractivity contribution in [3.05, 3.63) is 52.2 Å². The van der Waals surface area contributed by atoms with Crippen molar-refractivity contribution >= 4 is 29.0 Å². The molecular weight excluding hydrogens is 300 g/mol. The van der Waals surface area contributed by atoms with Gasteiger partial charge in [0.1, 0.15) is 0 Å². The van der Waals surface area contributed by atoms with Crippen molar-refractivity contribution in [2.24, 2.45) is 5.73 Å². The van der Waals surface area contributed by atoms with Gasteiger partial charge in [-0.05, 0) is 29.6 Å². The zero-order chi connectivity index (χ0) is 15.9. The van der Waals surface area contributed by atoms with Crippen LogP contribution in [0.2, 0.25) is 0 Å². The molecule has 1 atom stereocenters. The van der Waals surface area contributed by atoms with Gasteiger partial charge in [0.2, 0.25) is 5.91 Å². The molecule has 0 aliphatic heterocycles. The normalized spacial score (nSPS) is 11.2. The molecule has 0 spiro atoms. The molecule has 1 unspecified atom stereocenters. The van der Waals surface area contributed by atoms with E-state index >= 15 is 0 Å². The maximum absolute atomic E-state index is 12.1. The summed E-state index contributed by atoms with van der Waals surface area (Å²) in [5.41, 5.74) is 6.15. The Bertz CT molecular complexity index is 707. The number of hydrogen-bond acceptors (Lipinski definition) is 4. The van der Waals surface area contributed by atoms with Gasteiger partial charge < -0.3 is 16.4 Å². The van der Waals surface area contributed by atoms with E-state index in [4.69, 9.17) is 11.0 Å². The number of rotatable bonds is 5. The standard InChI is InChI=1S/C15H14N4O2S/c16-9-10-3-1-4-11(7-10)18-14(20)8-12(19-15(17)21)13-5-2-6-22-13/h1-7,12H,8H2,(H,18,20)(H3,17,19,21). The Morgan fingerprint density at radius 2 is 2.14 bits per heavy atom. The topological polar surface area (TPSA) is 108 Å². The molecule has 22 heavy (non-hydrogen) atoms. The molecule has 0 saturated carbocycles. The fourth-order valence-electron chi connectivity index (χ4n) is 1.95. The van der Waals surface area contributed by atoms with Crippen LogP contribution in [-0.2, 0) is 4.79 Å². The Balaban J connectivity index is 2.05. The van der Waals surface area contributed by atoms with Gasteiger partial charge in [0.25, 0.3) is 0 Å². The Morgan fingerprint density at radius 1 is 1.32 bits per heavy atom. The fraction of sp³-hybridized carbons (Fsp3) is 0.133. The summed E-state index contributed by atoms with van der Waals surface area (Å²) in [5, 5.41) is 16.0. The number of nitrogens with two attached hydrogens (primary N) is 1. The van der Waals surface area contributed by atoms with Gasteiger partial charge in [-0.2, -0.15) is 5.26 Å². The van der Waals surface area contributed by atoms with Gasteiger partial charge in [-0.1, -0.05) is 12.1 Å². The first kappa shape index (κ1) is 15.5. The number of carbonyl (C=O) groups excluding carboxylic acids is 2. The smallest absolute Gasteiger partial charge is 0.312 e. The molecule has 2 aromatic rings. The lowest BCUT2D eigenvalue weighted by molar-refractivity contribution is -0.116. The van der Waals surface area contributed by atoms with Crippen molar-refractivity contribution in [3.63, 3.8) is 0 Å². The highest BCUT2D eigenvalue weighted by Gasteiger charge is 2.18.